The Morgan fingerprint density at radius 1 is 0.500 bits per heavy atom. The molecule has 0 unspecified atom stereocenters. The molecule has 0 saturated carbocycles. The van der Waals surface area contributed by atoms with Gasteiger partial charge in [-0.1, -0.05) is 102 Å². The van der Waals surface area contributed by atoms with Crippen LogP contribution in [0.15, 0.2) is 102 Å². The first-order chi connectivity index (χ1) is 11.8. The lowest BCUT2D eigenvalue weighted by Gasteiger charge is -2.14. The van der Waals surface area contributed by atoms with Crippen LogP contribution in [0.2, 0.25) is 0 Å². The Balaban J connectivity index is 1.86. The van der Waals surface area contributed by atoms with Crippen LogP contribution in [0.4, 0.5) is 0 Å². The highest BCUT2D eigenvalue weighted by Crippen LogP contribution is 2.20. The molecule has 3 rings (SSSR count). The zero-order chi connectivity index (χ0) is 16.6. The summed E-state index contributed by atoms with van der Waals surface area (Å²) in [5.74, 6) is 0. The van der Waals surface area contributed by atoms with Gasteiger partial charge in [0.2, 0.25) is 0 Å². The zero-order valence-corrected chi connectivity index (χ0v) is 14.3. The number of benzene rings is 3. The van der Waals surface area contributed by atoms with Crippen molar-refractivity contribution >= 4 is 0 Å². The highest BCUT2D eigenvalue weighted by atomic mass is 14.1. The predicted molar refractivity (Wildman–Crippen MR) is 103 cm³/mol. The van der Waals surface area contributed by atoms with Crippen LogP contribution in [-0.4, -0.2) is 0 Å². The summed E-state index contributed by atoms with van der Waals surface area (Å²) < 4.78 is 0. The minimum Gasteiger partial charge on any atom is -0.0691 e. The Kier molecular flexibility index (Phi) is 5.63. The summed E-state index contributed by atoms with van der Waals surface area (Å²) in [4.78, 5) is 0. The molecule has 0 saturated heterocycles. The second-order valence-electron chi connectivity index (χ2n) is 6.37. The lowest BCUT2D eigenvalue weighted by Crippen LogP contribution is -2.01. The maximum absolute atomic E-state index is 2.29. The van der Waals surface area contributed by atoms with Crippen LogP contribution in [0.25, 0.3) is 0 Å². The van der Waals surface area contributed by atoms with Crippen LogP contribution >= 0.6 is 0 Å². The first-order valence-electron chi connectivity index (χ1n) is 8.60. The normalized spacial score (nSPS) is 10.4. The lowest BCUT2D eigenvalue weighted by atomic mass is 9.92. The molecule has 0 N–H and O–H groups in total. The van der Waals surface area contributed by atoms with Crippen molar-refractivity contribution in [2.45, 2.75) is 26.2 Å². The molecule has 120 valence electrons. The van der Waals surface area contributed by atoms with E-state index in [1.165, 1.54) is 27.8 Å². The summed E-state index contributed by atoms with van der Waals surface area (Å²) in [5, 5.41) is 0. The minimum atomic E-state index is 1.02. The number of hydrogen-bond acceptors (Lipinski definition) is 0. The Morgan fingerprint density at radius 2 is 0.833 bits per heavy atom. The molecule has 0 spiro atoms. The molecular formula is C24H24. The van der Waals surface area contributed by atoms with Gasteiger partial charge in [-0.2, -0.15) is 0 Å². The van der Waals surface area contributed by atoms with E-state index in [0.717, 1.165) is 19.3 Å². The van der Waals surface area contributed by atoms with E-state index in [0.29, 0.717) is 0 Å². The van der Waals surface area contributed by atoms with Gasteiger partial charge >= 0.3 is 0 Å². The molecule has 0 aromatic heterocycles. The van der Waals surface area contributed by atoms with Crippen LogP contribution < -0.4 is 0 Å². The molecule has 0 bridgehead atoms. The largest absolute Gasteiger partial charge is 0.0691 e. The van der Waals surface area contributed by atoms with Crippen molar-refractivity contribution in [2.24, 2.45) is 0 Å². The van der Waals surface area contributed by atoms with Gasteiger partial charge in [0.15, 0.2) is 0 Å². The topological polar surface area (TPSA) is 0 Å². The van der Waals surface area contributed by atoms with Gasteiger partial charge in [0.1, 0.15) is 0 Å². The molecule has 0 fully saturated rings. The molecule has 0 aliphatic rings. The molecule has 0 amide bonds. The van der Waals surface area contributed by atoms with Gasteiger partial charge < -0.3 is 0 Å². The smallest absolute Gasteiger partial charge is 0.00611 e. The number of allylic oxidation sites excluding steroid dienone is 2. The van der Waals surface area contributed by atoms with E-state index >= 15 is 0 Å². The van der Waals surface area contributed by atoms with Gasteiger partial charge in [0.25, 0.3) is 0 Å². The van der Waals surface area contributed by atoms with E-state index in [9.17, 15) is 0 Å². The summed E-state index contributed by atoms with van der Waals surface area (Å²) >= 11 is 0. The Hall–Kier alpha value is -2.60. The van der Waals surface area contributed by atoms with Crippen molar-refractivity contribution in [3.63, 3.8) is 0 Å². The third-order valence-electron chi connectivity index (χ3n) is 4.44. The van der Waals surface area contributed by atoms with Crippen LogP contribution in [0.5, 0.6) is 0 Å². The van der Waals surface area contributed by atoms with Crippen LogP contribution in [0.1, 0.15) is 23.6 Å². The van der Waals surface area contributed by atoms with E-state index in [-0.39, 0.29) is 0 Å². The highest BCUT2D eigenvalue weighted by molar-refractivity contribution is 5.32. The van der Waals surface area contributed by atoms with E-state index in [4.69, 9.17) is 0 Å². The van der Waals surface area contributed by atoms with Crippen molar-refractivity contribution in [2.75, 3.05) is 0 Å². The van der Waals surface area contributed by atoms with Crippen molar-refractivity contribution in [1.29, 1.82) is 0 Å². The van der Waals surface area contributed by atoms with Crippen LogP contribution in [0, 0.1) is 0 Å². The second-order valence-corrected chi connectivity index (χ2v) is 6.37. The molecule has 0 heteroatoms. The fourth-order valence-electron chi connectivity index (χ4n) is 3.08. The molecule has 0 nitrogen and oxygen atoms in total. The highest BCUT2D eigenvalue weighted by Gasteiger charge is 2.07. The molecule has 24 heavy (non-hydrogen) atoms. The number of hydrogen-bond donors (Lipinski definition) is 0. The van der Waals surface area contributed by atoms with Crippen molar-refractivity contribution in [3.05, 3.63) is 119 Å². The average molecular weight is 312 g/mol. The van der Waals surface area contributed by atoms with Crippen LogP contribution in [-0.2, 0) is 19.3 Å². The third-order valence-corrected chi connectivity index (χ3v) is 4.44. The van der Waals surface area contributed by atoms with Gasteiger partial charge in [-0.3, -0.25) is 0 Å². The Labute approximate surface area is 145 Å². The first kappa shape index (κ1) is 16.3. The SMILES string of the molecule is CC(Cc1ccccc1)=C(Cc1ccccc1)Cc1ccccc1. The molecule has 0 atom stereocenters. The van der Waals surface area contributed by atoms with E-state index in [1.807, 2.05) is 0 Å². The van der Waals surface area contributed by atoms with Crippen molar-refractivity contribution in [1.82, 2.24) is 0 Å². The summed E-state index contributed by atoms with van der Waals surface area (Å²) in [7, 11) is 0. The van der Waals surface area contributed by atoms with E-state index in [1.54, 1.807) is 0 Å². The van der Waals surface area contributed by atoms with Crippen molar-refractivity contribution < 1.29 is 0 Å². The van der Waals surface area contributed by atoms with Crippen LogP contribution in [0.3, 0.4) is 0 Å². The maximum Gasteiger partial charge on any atom is -0.00611 e. The maximum atomic E-state index is 2.29. The Bertz CT molecular complexity index is 725. The monoisotopic (exact) mass is 312 g/mol. The van der Waals surface area contributed by atoms with Gasteiger partial charge in [0, 0.05) is 0 Å². The van der Waals surface area contributed by atoms with E-state index < -0.39 is 0 Å². The minimum absolute atomic E-state index is 1.02. The lowest BCUT2D eigenvalue weighted by molar-refractivity contribution is 0.961. The molecule has 3 aromatic rings. The van der Waals surface area contributed by atoms with Crippen molar-refractivity contribution in [3.8, 4) is 0 Å². The Morgan fingerprint density at radius 3 is 1.21 bits per heavy atom. The quantitative estimate of drug-likeness (QED) is 0.487. The summed E-state index contributed by atoms with van der Waals surface area (Å²) in [5.41, 5.74) is 7.16. The summed E-state index contributed by atoms with van der Waals surface area (Å²) in [6, 6.07) is 32.3. The molecule has 0 heterocycles. The van der Waals surface area contributed by atoms with E-state index in [2.05, 4.69) is 97.9 Å². The predicted octanol–water partition coefficient (Wildman–Crippen LogP) is 6.03. The van der Waals surface area contributed by atoms with Gasteiger partial charge in [-0.25, -0.2) is 0 Å². The average Bonchev–Trinajstić information content (AvgIpc) is 2.64. The third kappa shape index (κ3) is 4.70. The standard InChI is InChI=1S/C24H24/c1-20(17-21-11-5-2-6-12-21)24(18-22-13-7-3-8-14-22)19-23-15-9-4-10-16-23/h2-16H,17-19H2,1H3. The fraction of sp³-hybridized carbons (Fsp3) is 0.167. The number of rotatable bonds is 6. The molecule has 3 aromatic carbocycles. The molecule has 0 aliphatic heterocycles. The zero-order valence-electron chi connectivity index (χ0n) is 14.3. The second kappa shape index (κ2) is 8.31. The molecular weight excluding hydrogens is 288 g/mol. The summed E-state index contributed by atoms with van der Waals surface area (Å²) in [6.07, 6.45) is 3.07. The van der Waals surface area contributed by atoms with Gasteiger partial charge in [0.05, 0.1) is 0 Å². The summed E-state index contributed by atoms with van der Waals surface area (Å²) in [6.45, 7) is 2.29. The van der Waals surface area contributed by atoms with Gasteiger partial charge in [-0.15, -0.1) is 0 Å². The molecule has 0 radical (unpaired) electrons. The molecule has 0 aliphatic carbocycles. The first-order valence-corrected chi connectivity index (χ1v) is 8.60. The van der Waals surface area contributed by atoms with Gasteiger partial charge in [-0.05, 0) is 42.9 Å². The fourth-order valence-corrected chi connectivity index (χ4v) is 3.08.